The van der Waals surface area contributed by atoms with Gasteiger partial charge < -0.3 is 14.5 Å². The molecule has 0 N–H and O–H groups in total. The summed E-state index contributed by atoms with van der Waals surface area (Å²) in [5.41, 5.74) is 3.71. The third-order valence-corrected chi connectivity index (χ3v) is 8.14. The molecule has 0 spiro atoms. The average molecular weight is 538 g/mol. The van der Waals surface area contributed by atoms with Gasteiger partial charge in [0.15, 0.2) is 0 Å². The highest BCUT2D eigenvalue weighted by atomic mass is 32.2. The van der Waals surface area contributed by atoms with E-state index in [1.165, 1.54) is 0 Å². The number of anilines is 1. The number of hydrogen-bond donors (Lipinski definition) is 0. The minimum absolute atomic E-state index is 0.0694. The second kappa shape index (κ2) is 11.7. The molecular formula is C28H35N5O4S. The fraction of sp³-hybridized carbons (Fsp3) is 0.464. The minimum atomic E-state index is -0.772. The molecule has 4 rings (SSSR count). The van der Waals surface area contributed by atoms with Gasteiger partial charge in [0, 0.05) is 36.7 Å². The molecule has 9 nitrogen and oxygen atoms in total. The van der Waals surface area contributed by atoms with Crippen LogP contribution in [-0.4, -0.2) is 75.9 Å². The molecule has 10 heteroatoms. The highest BCUT2D eigenvalue weighted by molar-refractivity contribution is 8.14. The number of aromatic nitrogens is 1. The molecule has 0 aliphatic carbocycles. The summed E-state index contributed by atoms with van der Waals surface area (Å²) in [4.78, 5) is 46.6. The molecule has 2 aliphatic heterocycles. The number of hydrogen-bond acceptors (Lipinski definition) is 8. The number of imide groups is 1. The van der Waals surface area contributed by atoms with Crippen molar-refractivity contribution in [3.05, 3.63) is 59.4 Å². The molecule has 0 saturated carbocycles. The van der Waals surface area contributed by atoms with Crippen molar-refractivity contribution >= 4 is 40.4 Å². The number of carbonyl (C=O) groups is 3. The van der Waals surface area contributed by atoms with Crippen LogP contribution in [0, 0.1) is 0 Å². The first-order chi connectivity index (χ1) is 18.2. The van der Waals surface area contributed by atoms with E-state index in [0.29, 0.717) is 24.4 Å². The molecule has 0 fully saturated rings. The van der Waals surface area contributed by atoms with Crippen LogP contribution in [0.3, 0.4) is 0 Å². The Morgan fingerprint density at radius 2 is 1.87 bits per heavy atom. The van der Waals surface area contributed by atoms with Crippen LogP contribution in [0.25, 0.3) is 0 Å². The van der Waals surface area contributed by atoms with Gasteiger partial charge in [-0.1, -0.05) is 45.5 Å². The first kappa shape index (κ1) is 27.8. The van der Waals surface area contributed by atoms with Gasteiger partial charge in [-0.2, -0.15) is 5.10 Å². The van der Waals surface area contributed by atoms with E-state index in [9.17, 15) is 14.4 Å². The quantitative estimate of drug-likeness (QED) is 0.482. The van der Waals surface area contributed by atoms with E-state index in [0.717, 1.165) is 53.1 Å². The van der Waals surface area contributed by atoms with Crippen LogP contribution in [0.4, 0.5) is 15.3 Å². The third-order valence-electron chi connectivity index (χ3n) is 7.19. The molecule has 1 unspecified atom stereocenters. The molecular weight excluding hydrogens is 502 g/mol. The van der Waals surface area contributed by atoms with Gasteiger partial charge in [-0.25, -0.2) is 4.79 Å². The monoisotopic (exact) mass is 537 g/mol. The predicted molar refractivity (Wildman–Crippen MR) is 150 cm³/mol. The molecule has 0 saturated heterocycles. The van der Waals surface area contributed by atoms with Gasteiger partial charge in [0.1, 0.15) is 6.61 Å². The van der Waals surface area contributed by atoms with E-state index in [1.54, 1.807) is 24.5 Å². The van der Waals surface area contributed by atoms with Crippen molar-refractivity contribution < 1.29 is 19.1 Å². The summed E-state index contributed by atoms with van der Waals surface area (Å²) < 4.78 is 5.37. The van der Waals surface area contributed by atoms with E-state index in [4.69, 9.17) is 4.74 Å². The first-order valence-corrected chi connectivity index (χ1v) is 13.9. The van der Waals surface area contributed by atoms with E-state index < -0.39 is 11.3 Å². The van der Waals surface area contributed by atoms with Crippen LogP contribution in [0.15, 0.2) is 47.8 Å². The van der Waals surface area contributed by atoms with Gasteiger partial charge in [-0.05, 0) is 67.2 Å². The number of fused-ring (bicyclic) bond motifs is 1. The number of amides is 3. The van der Waals surface area contributed by atoms with Crippen molar-refractivity contribution in [2.75, 3.05) is 37.7 Å². The minimum Gasteiger partial charge on any atom is -0.446 e. The summed E-state index contributed by atoms with van der Waals surface area (Å²) >= 11 is 1.04. The standard InChI is InChI=1S/C28H35N5O4S/c1-6-31(7-2)16-17-37-26(35)33-27(36)38-19(3)24(30-33)21-8-9-23-22(18-21)28(4,5)12-15-32(23)25(34)20-10-13-29-14-11-20/h8-11,13-14,18-19H,6-7,12,15-17H2,1-5H3. The van der Waals surface area contributed by atoms with Crippen LogP contribution in [0.1, 0.15) is 62.5 Å². The molecule has 0 bridgehead atoms. The maximum Gasteiger partial charge on any atom is 0.438 e. The SMILES string of the molecule is CCN(CC)CCOC(=O)N1N=C(c2ccc3c(c2)C(C)(C)CCN3C(=O)c2ccncc2)C(C)SC1=O. The van der Waals surface area contributed by atoms with Crippen molar-refractivity contribution in [2.45, 2.75) is 51.7 Å². The lowest BCUT2D eigenvalue weighted by Crippen LogP contribution is -2.42. The maximum absolute atomic E-state index is 13.3. The van der Waals surface area contributed by atoms with Crippen molar-refractivity contribution in [3.8, 4) is 0 Å². The summed E-state index contributed by atoms with van der Waals surface area (Å²) in [6, 6.07) is 9.32. The van der Waals surface area contributed by atoms with Gasteiger partial charge in [0.25, 0.3) is 5.91 Å². The number of nitrogens with zero attached hydrogens (tertiary/aromatic N) is 5. The Bertz CT molecular complexity index is 1230. The fourth-order valence-corrected chi connectivity index (χ4v) is 5.55. The van der Waals surface area contributed by atoms with E-state index in [2.05, 4.69) is 28.8 Å². The Labute approximate surface area is 228 Å². The zero-order chi connectivity index (χ0) is 27.4. The molecule has 1 aromatic heterocycles. The Balaban J connectivity index is 1.62. The van der Waals surface area contributed by atoms with Crippen LogP contribution < -0.4 is 4.90 Å². The largest absolute Gasteiger partial charge is 0.446 e. The average Bonchev–Trinajstić information content (AvgIpc) is 2.91. The molecule has 202 valence electrons. The first-order valence-electron chi connectivity index (χ1n) is 13.0. The molecule has 0 radical (unpaired) electrons. The lowest BCUT2D eigenvalue weighted by Gasteiger charge is -2.39. The number of pyridine rings is 1. The highest BCUT2D eigenvalue weighted by Gasteiger charge is 2.37. The van der Waals surface area contributed by atoms with Crippen molar-refractivity contribution in [1.29, 1.82) is 0 Å². The molecule has 2 aliphatic rings. The Kier molecular flexibility index (Phi) is 8.52. The van der Waals surface area contributed by atoms with E-state index >= 15 is 0 Å². The second-order valence-corrected chi connectivity index (χ2v) is 11.3. The van der Waals surface area contributed by atoms with Gasteiger partial charge in [-0.15, -0.1) is 5.01 Å². The Morgan fingerprint density at radius 3 is 2.55 bits per heavy atom. The molecule has 1 aromatic carbocycles. The van der Waals surface area contributed by atoms with E-state index in [1.807, 2.05) is 43.9 Å². The van der Waals surface area contributed by atoms with Crippen LogP contribution in [0.2, 0.25) is 0 Å². The molecule has 38 heavy (non-hydrogen) atoms. The Morgan fingerprint density at radius 1 is 1.16 bits per heavy atom. The summed E-state index contributed by atoms with van der Waals surface area (Å²) in [6.07, 6.45) is 3.26. The number of benzene rings is 1. The number of carbonyl (C=O) groups excluding carboxylic acids is 3. The fourth-order valence-electron chi connectivity index (χ4n) is 4.74. The maximum atomic E-state index is 13.3. The van der Waals surface area contributed by atoms with E-state index in [-0.39, 0.29) is 23.2 Å². The lowest BCUT2D eigenvalue weighted by molar-refractivity contribution is 0.0981. The summed E-state index contributed by atoms with van der Waals surface area (Å²) in [6.45, 7) is 13.4. The van der Waals surface area contributed by atoms with Gasteiger partial charge in [0.2, 0.25) is 0 Å². The topological polar surface area (TPSA) is 95.4 Å². The smallest absolute Gasteiger partial charge is 0.438 e. The zero-order valence-corrected chi connectivity index (χ0v) is 23.5. The molecule has 2 aromatic rings. The molecule has 1 atom stereocenters. The number of ether oxygens (including phenoxy) is 1. The third kappa shape index (κ3) is 5.76. The second-order valence-electron chi connectivity index (χ2n) is 10.0. The van der Waals surface area contributed by atoms with Gasteiger partial charge in [0.05, 0.1) is 11.0 Å². The molecule has 3 amide bonds. The van der Waals surface area contributed by atoms with Gasteiger partial charge in [-0.3, -0.25) is 14.6 Å². The number of rotatable bonds is 7. The van der Waals surface area contributed by atoms with Crippen molar-refractivity contribution in [1.82, 2.24) is 14.9 Å². The summed E-state index contributed by atoms with van der Waals surface area (Å²) in [5.74, 6) is -0.0694. The predicted octanol–water partition coefficient (Wildman–Crippen LogP) is 5.15. The normalized spacial score (nSPS) is 18.7. The zero-order valence-electron chi connectivity index (χ0n) is 22.6. The van der Waals surface area contributed by atoms with Crippen LogP contribution >= 0.6 is 11.8 Å². The number of likely N-dealkylation sites (N-methyl/N-ethyl adjacent to an activating group) is 1. The molecule has 3 heterocycles. The number of thioether (sulfide) groups is 1. The van der Waals surface area contributed by atoms with Gasteiger partial charge >= 0.3 is 11.3 Å². The Hall–Kier alpha value is -3.24. The number of hydrazone groups is 1. The summed E-state index contributed by atoms with van der Waals surface area (Å²) in [7, 11) is 0. The van der Waals surface area contributed by atoms with Crippen LogP contribution in [-0.2, 0) is 10.2 Å². The highest BCUT2D eigenvalue weighted by Crippen LogP contribution is 2.41. The van der Waals surface area contributed by atoms with Crippen LogP contribution in [0.5, 0.6) is 0 Å². The summed E-state index contributed by atoms with van der Waals surface area (Å²) in [5, 5.41) is 4.57. The van der Waals surface area contributed by atoms with Crippen molar-refractivity contribution in [3.63, 3.8) is 0 Å². The van der Waals surface area contributed by atoms with Crippen molar-refractivity contribution in [2.24, 2.45) is 5.10 Å². The lowest BCUT2D eigenvalue weighted by atomic mass is 9.76.